The fourth-order valence-electron chi connectivity index (χ4n) is 1.13. The van der Waals surface area contributed by atoms with Crippen molar-refractivity contribution in [2.24, 2.45) is 0 Å². The highest BCUT2D eigenvalue weighted by atomic mass is 79.9. The van der Waals surface area contributed by atoms with Gasteiger partial charge in [-0.3, -0.25) is 4.79 Å². The Balaban J connectivity index is 2.61. The molecule has 1 aromatic carbocycles. The van der Waals surface area contributed by atoms with Crippen molar-refractivity contribution in [2.75, 3.05) is 12.3 Å². The van der Waals surface area contributed by atoms with Crippen LogP contribution in [0.4, 0.5) is 18.9 Å². The number of hydrogen-bond donors (Lipinski definition) is 2. The van der Waals surface area contributed by atoms with Crippen LogP contribution < -0.4 is 11.1 Å². The van der Waals surface area contributed by atoms with Crippen molar-refractivity contribution in [3.8, 4) is 0 Å². The molecule has 1 rings (SSSR count). The van der Waals surface area contributed by atoms with Crippen molar-refractivity contribution in [2.45, 2.75) is 12.6 Å². The van der Waals surface area contributed by atoms with Crippen molar-refractivity contribution in [3.63, 3.8) is 0 Å². The van der Waals surface area contributed by atoms with Crippen LogP contribution in [0.5, 0.6) is 0 Å². The Morgan fingerprint density at radius 2 is 2.06 bits per heavy atom. The van der Waals surface area contributed by atoms with E-state index in [0.717, 1.165) is 0 Å². The van der Waals surface area contributed by atoms with E-state index in [1.165, 1.54) is 6.07 Å². The molecule has 0 aromatic heterocycles. The van der Waals surface area contributed by atoms with Crippen molar-refractivity contribution < 1.29 is 18.0 Å². The molecule has 1 aromatic rings. The second-order valence-corrected chi connectivity index (χ2v) is 4.21. The number of nitrogens with one attached hydrogen (secondary N) is 1. The zero-order valence-electron chi connectivity index (χ0n) is 8.64. The molecule has 0 radical (unpaired) electrons. The Hall–Kier alpha value is -1.24. The summed E-state index contributed by atoms with van der Waals surface area (Å²) in [7, 11) is 0. The third-order valence-corrected chi connectivity index (χ3v) is 2.62. The van der Waals surface area contributed by atoms with Crippen LogP contribution in [0.2, 0.25) is 0 Å². The minimum Gasteiger partial charge on any atom is -0.399 e. The summed E-state index contributed by atoms with van der Waals surface area (Å²) in [5, 5.41) is 2.18. The first-order valence-corrected chi connectivity index (χ1v) is 5.49. The predicted molar refractivity (Wildman–Crippen MR) is 61.6 cm³/mol. The second-order valence-electron chi connectivity index (χ2n) is 3.36. The summed E-state index contributed by atoms with van der Waals surface area (Å²) in [6.07, 6.45) is -5.33. The fraction of sp³-hybridized carbons (Fsp3) is 0.300. The lowest BCUT2D eigenvalue weighted by Crippen LogP contribution is -2.28. The Kier molecular flexibility index (Phi) is 4.39. The number of carbonyl (C=O) groups is 1. The summed E-state index contributed by atoms with van der Waals surface area (Å²) >= 11 is 3.12. The van der Waals surface area contributed by atoms with E-state index in [-0.39, 0.29) is 5.56 Å². The van der Waals surface area contributed by atoms with E-state index in [2.05, 4.69) is 21.2 Å². The van der Waals surface area contributed by atoms with Crippen molar-refractivity contribution in [3.05, 3.63) is 28.2 Å². The minimum absolute atomic E-state index is 0.215. The van der Waals surface area contributed by atoms with E-state index in [4.69, 9.17) is 5.73 Å². The number of nitrogen functional groups attached to an aromatic ring is 1. The normalized spacial score (nSPS) is 11.3. The summed E-state index contributed by atoms with van der Waals surface area (Å²) in [6, 6.07) is 4.54. The van der Waals surface area contributed by atoms with Gasteiger partial charge in [-0.15, -0.1) is 0 Å². The van der Waals surface area contributed by atoms with Crippen molar-refractivity contribution >= 4 is 27.5 Å². The molecule has 0 heterocycles. The van der Waals surface area contributed by atoms with E-state index in [1.807, 2.05) is 0 Å². The molecule has 0 atom stereocenters. The SMILES string of the molecule is Nc1ccc(Br)c(C(=O)NCCC(F)(F)F)c1. The average molecular weight is 311 g/mol. The maximum absolute atomic E-state index is 11.9. The van der Waals surface area contributed by atoms with Crippen LogP contribution >= 0.6 is 15.9 Å². The molecule has 3 nitrogen and oxygen atoms in total. The van der Waals surface area contributed by atoms with E-state index >= 15 is 0 Å². The highest BCUT2D eigenvalue weighted by Crippen LogP contribution is 2.20. The highest BCUT2D eigenvalue weighted by Gasteiger charge is 2.26. The van der Waals surface area contributed by atoms with Crippen LogP contribution in [0, 0.1) is 0 Å². The van der Waals surface area contributed by atoms with Gasteiger partial charge >= 0.3 is 6.18 Å². The molecule has 0 bridgehead atoms. The quantitative estimate of drug-likeness (QED) is 0.843. The Bertz CT molecular complexity index is 421. The topological polar surface area (TPSA) is 55.1 Å². The van der Waals surface area contributed by atoms with Crippen LogP contribution in [0.15, 0.2) is 22.7 Å². The molecule has 0 saturated heterocycles. The molecule has 0 spiro atoms. The lowest BCUT2D eigenvalue weighted by Gasteiger charge is -2.09. The first-order chi connectivity index (χ1) is 7.79. The Morgan fingerprint density at radius 3 is 2.65 bits per heavy atom. The molecule has 1 amide bonds. The number of hydrogen-bond acceptors (Lipinski definition) is 2. The van der Waals surface area contributed by atoms with Gasteiger partial charge in [0, 0.05) is 16.7 Å². The first kappa shape index (κ1) is 13.8. The summed E-state index contributed by atoms with van der Waals surface area (Å²) < 4.78 is 36.1. The van der Waals surface area contributed by atoms with Gasteiger partial charge < -0.3 is 11.1 Å². The van der Waals surface area contributed by atoms with Gasteiger partial charge in [0.15, 0.2) is 0 Å². The number of benzene rings is 1. The molecular formula is C10H10BrF3N2O. The average Bonchev–Trinajstić information content (AvgIpc) is 2.19. The van der Waals surface area contributed by atoms with Gasteiger partial charge in [-0.25, -0.2) is 0 Å². The first-order valence-electron chi connectivity index (χ1n) is 4.69. The summed E-state index contributed by atoms with van der Waals surface area (Å²) in [6.45, 7) is -0.455. The maximum Gasteiger partial charge on any atom is 0.390 e. The maximum atomic E-state index is 11.9. The second kappa shape index (κ2) is 5.39. The van der Waals surface area contributed by atoms with E-state index in [0.29, 0.717) is 10.2 Å². The Morgan fingerprint density at radius 1 is 1.41 bits per heavy atom. The molecule has 0 saturated carbocycles. The van der Waals surface area contributed by atoms with Crippen molar-refractivity contribution in [1.29, 1.82) is 0 Å². The summed E-state index contributed by atoms with van der Waals surface area (Å²) in [5.41, 5.74) is 6.07. The van der Waals surface area contributed by atoms with Crippen molar-refractivity contribution in [1.82, 2.24) is 5.32 Å². The number of halogens is 4. The van der Waals surface area contributed by atoms with E-state index < -0.39 is 25.0 Å². The predicted octanol–water partition coefficient (Wildman–Crippen LogP) is 2.71. The largest absolute Gasteiger partial charge is 0.399 e. The zero-order chi connectivity index (χ0) is 13.1. The monoisotopic (exact) mass is 310 g/mol. The standard InChI is InChI=1S/C10H10BrF3N2O/c11-8-2-1-6(15)5-7(8)9(17)16-4-3-10(12,13)14/h1-2,5H,3-4,15H2,(H,16,17). The van der Waals surface area contributed by atoms with Gasteiger partial charge in [0.1, 0.15) is 0 Å². The smallest absolute Gasteiger partial charge is 0.390 e. The molecule has 94 valence electrons. The lowest BCUT2D eigenvalue weighted by atomic mass is 10.2. The number of nitrogens with two attached hydrogens (primary N) is 1. The molecule has 0 fully saturated rings. The number of rotatable bonds is 3. The molecule has 7 heteroatoms. The van der Waals surface area contributed by atoms with Crippen LogP contribution in [-0.4, -0.2) is 18.6 Å². The number of anilines is 1. The number of amides is 1. The zero-order valence-corrected chi connectivity index (χ0v) is 10.2. The van der Waals surface area contributed by atoms with Gasteiger partial charge in [0.25, 0.3) is 5.91 Å². The van der Waals surface area contributed by atoms with Crippen LogP contribution in [0.25, 0.3) is 0 Å². The summed E-state index contributed by atoms with van der Waals surface area (Å²) in [4.78, 5) is 11.5. The van der Waals surface area contributed by atoms with E-state index in [1.54, 1.807) is 12.1 Å². The van der Waals surface area contributed by atoms with Gasteiger partial charge in [0.05, 0.1) is 12.0 Å². The molecule has 0 aliphatic rings. The van der Waals surface area contributed by atoms with Gasteiger partial charge in [0.2, 0.25) is 0 Å². The molecule has 3 N–H and O–H groups in total. The third-order valence-electron chi connectivity index (χ3n) is 1.93. The lowest BCUT2D eigenvalue weighted by molar-refractivity contribution is -0.132. The number of carbonyl (C=O) groups excluding carboxylic acids is 1. The molecular weight excluding hydrogens is 301 g/mol. The number of alkyl halides is 3. The summed E-state index contributed by atoms with van der Waals surface area (Å²) in [5.74, 6) is -0.589. The third kappa shape index (κ3) is 4.64. The Labute approximate surface area is 104 Å². The van der Waals surface area contributed by atoms with E-state index in [9.17, 15) is 18.0 Å². The van der Waals surface area contributed by atoms with Gasteiger partial charge in [-0.2, -0.15) is 13.2 Å². The molecule has 0 aliphatic heterocycles. The van der Waals surface area contributed by atoms with Gasteiger partial charge in [-0.05, 0) is 34.1 Å². The van der Waals surface area contributed by atoms with Gasteiger partial charge in [-0.1, -0.05) is 0 Å². The minimum atomic E-state index is -4.28. The molecule has 0 unspecified atom stereocenters. The van der Waals surface area contributed by atoms with Crippen LogP contribution in [0.3, 0.4) is 0 Å². The highest BCUT2D eigenvalue weighted by molar-refractivity contribution is 9.10. The molecule has 17 heavy (non-hydrogen) atoms. The van der Waals surface area contributed by atoms with Crippen LogP contribution in [-0.2, 0) is 0 Å². The molecule has 0 aliphatic carbocycles. The fourth-order valence-corrected chi connectivity index (χ4v) is 1.56. The van der Waals surface area contributed by atoms with Crippen LogP contribution in [0.1, 0.15) is 16.8 Å².